The number of nitrogens with one attached hydrogen (secondary N) is 1. The number of rotatable bonds is 3. The van der Waals surface area contributed by atoms with Crippen molar-refractivity contribution in [2.24, 2.45) is 13.0 Å². The lowest BCUT2D eigenvalue weighted by atomic mass is 9.92. The lowest BCUT2D eigenvalue weighted by molar-refractivity contribution is 0.330. The van der Waals surface area contributed by atoms with Crippen molar-refractivity contribution in [2.45, 2.75) is 25.8 Å². The molecule has 4 heteroatoms. The second kappa shape index (κ2) is 4.87. The first-order valence-corrected chi connectivity index (χ1v) is 6.12. The molecule has 0 aliphatic carbocycles. The zero-order valence-corrected chi connectivity index (χ0v) is 10.5. The highest BCUT2D eigenvalue weighted by molar-refractivity contribution is 5.31. The van der Waals surface area contributed by atoms with E-state index in [1.54, 1.807) is 0 Å². The number of anilines is 1. The van der Waals surface area contributed by atoms with Crippen LogP contribution in [0.25, 0.3) is 0 Å². The molecule has 0 radical (unpaired) electrons. The largest absolute Gasteiger partial charge is 0.342 e. The number of aryl methyl sites for hydroxylation is 1. The number of imidazole rings is 1. The van der Waals surface area contributed by atoms with E-state index in [0.29, 0.717) is 6.04 Å². The summed E-state index contributed by atoms with van der Waals surface area (Å²) in [5, 5.41) is 3.36. The van der Waals surface area contributed by atoms with Crippen LogP contribution < -0.4 is 10.2 Å². The van der Waals surface area contributed by atoms with Crippen LogP contribution in [-0.2, 0) is 7.05 Å². The van der Waals surface area contributed by atoms with Crippen LogP contribution in [0.5, 0.6) is 0 Å². The molecule has 4 nitrogen and oxygen atoms in total. The molecule has 0 spiro atoms. The summed E-state index contributed by atoms with van der Waals surface area (Å²) in [6.07, 6.45) is 6.48. The number of piperidine rings is 1. The van der Waals surface area contributed by atoms with E-state index in [0.717, 1.165) is 25.0 Å². The van der Waals surface area contributed by atoms with Crippen LogP contribution in [0.4, 0.5) is 5.95 Å². The summed E-state index contributed by atoms with van der Waals surface area (Å²) in [5.41, 5.74) is 0. The smallest absolute Gasteiger partial charge is 0.205 e. The van der Waals surface area contributed by atoms with Crippen molar-refractivity contribution in [1.29, 1.82) is 0 Å². The first-order valence-electron chi connectivity index (χ1n) is 6.12. The number of nitrogens with zero attached hydrogens (tertiary/aromatic N) is 3. The van der Waals surface area contributed by atoms with Crippen molar-refractivity contribution >= 4 is 5.95 Å². The summed E-state index contributed by atoms with van der Waals surface area (Å²) < 4.78 is 2.10. The van der Waals surface area contributed by atoms with E-state index in [-0.39, 0.29) is 0 Å². The van der Waals surface area contributed by atoms with Crippen molar-refractivity contribution in [3.63, 3.8) is 0 Å². The lowest BCUT2D eigenvalue weighted by Crippen LogP contribution is -2.44. The molecule has 2 unspecified atom stereocenters. The normalized spacial score (nSPS) is 23.4. The van der Waals surface area contributed by atoms with Gasteiger partial charge in [-0.25, -0.2) is 4.98 Å². The minimum atomic E-state index is 0.586. The molecule has 2 heterocycles. The van der Waals surface area contributed by atoms with Crippen LogP contribution in [-0.4, -0.2) is 35.7 Å². The third-order valence-corrected chi connectivity index (χ3v) is 3.70. The van der Waals surface area contributed by atoms with Gasteiger partial charge in [-0.3, -0.25) is 0 Å². The van der Waals surface area contributed by atoms with Gasteiger partial charge in [0.2, 0.25) is 5.95 Å². The van der Waals surface area contributed by atoms with E-state index in [1.807, 2.05) is 19.4 Å². The van der Waals surface area contributed by atoms with Gasteiger partial charge in [-0.1, -0.05) is 0 Å². The molecule has 1 N–H and O–H groups in total. The molecular formula is C12H22N4. The molecule has 0 amide bonds. The lowest BCUT2D eigenvalue weighted by Gasteiger charge is -2.36. The van der Waals surface area contributed by atoms with E-state index < -0.39 is 0 Å². The molecule has 1 aliphatic heterocycles. The highest BCUT2D eigenvalue weighted by atomic mass is 15.3. The van der Waals surface area contributed by atoms with Crippen molar-refractivity contribution in [3.05, 3.63) is 12.4 Å². The van der Waals surface area contributed by atoms with Crippen molar-refractivity contribution in [2.75, 3.05) is 25.0 Å². The van der Waals surface area contributed by atoms with E-state index in [4.69, 9.17) is 0 Å². The van der Waals surface area contributed by atoms with Gasteiger partial charge in [0.15, 0.2) is 0 Å². The van der Waals surface area contributed by atoms with Gasteiger partial charge in [0, 0.05) is 38.6 Å². The fourth-order valence-electron chi connectivity index (χ4n) is 2.50. The Bertz CT molecular complexity index is 334. The van der Waals surface area contributed by atoms with Crippen LogP contribution in [0, 0.1) is 5.92 Å². The zero-order chi connectivity index (χ0) is 11.5. The minimum Gasteiger partial charge on any atom is -0.342 e. The maximum absolute atomic E-state index is 4.43. The summed E-state index contributed by atoms with van der Waals surface area (Å²) in [4.78, 5) is 6.83. The minimum absolute atomic E-state index is 0.586. The summed E-state index contributed by atoms with van der Waals surface area (Å²) >= 11 is 0. The first-order chi connectivity index (χ1) is 7.72. The first kappa shape index (κ1) is 11.5. The monoisotopic (exact) mass is 222 g/mol. The number of aromatic nitrogens is 2. The van der Waals surface area contributed by atoms with Crippen LogP contribution in [0.3, 0.4) is 0 Å². The molecule has 90 valence electrons. The van der Waals surface area contributed by atoms with Gasteiger partial charge in [-0.2, -0.15) is 0 Å². The second-order valence-electron chi connectivity index (χ2n) is 4.76. The van der Waals surface area contributed by atoms with Crippen molar-refractivity contribution < 1.29 is 0 Å². The molecule has 1 aromatic heterocycles. The molecular weight excluding hydrogens is 200 g/mol. The summed E-state index contributed by atoms with van der Waals surface area (Å²) in [6, 6.07) is 0.586. The summed E-state index contributed by atoms with van der Waals surface area (Å²) in [7, 11) is 4.11. The molecule has 2 atom stereocenters. The Hall–Kier alpha value is -1.03. The molecule has 1 aliphatic rings. The van der Waals surface area contributed by atoms with Gasteiger partial charge in [0.05, 0.1) is 0 Å². The van der Waals surface area contributed by atoms with Gasteiger partial charge >= 0.3 is 0 Å². The average molecular weight is 222 g/mol. The predicted molar refractivity (Wildman–Crippen MR) is 66.7 cm³/mol. The van der Waals surface area contributed by atoms with Crippen molar-refractivity contribution in [3.8, 4) is 0 Å². The third-order valence-electron chi connectivity index (χ3n) is 3.70. The van der Waals surface area contributed by atoms with E-state index in [2.05, 4.69) is 33.7 Å². The Morgan fingerprint density at radius 1 is 1.56 bits per heavy atom. The highest BCUT2D eigenvalue weighted by Crippen LogP contribution is 2.23. The Labute approximate surface area is 97.7 Å². The highest BCUT2D eigenvalue weighted by Gasteiger charge is 2.25. The van der Waals surface area contributed by atoms with Crippen LogP contribution in [0.2, 0.25) is 0 Å². The summed E-state index contributed by atoms with van der Waals surface area (Å²) in [6.45, 7) is 4.53. The average Bonchev–Trinajstić information content (AvgIpc) is 2.74. The Morgan fingerprint density at radius 2 is 2.38 bits per heavy atom. The van der Waals surface area contributed by atoms with Gasteiger partial charge in [0.1, 0.15) is 0 Å². The topological polar surface area (TPSA) is 33.1 Å². The van der Waals surface area contributed by atoms with Crippen LogP contribution in [0.1, 0.15) is 19.8 Å². The molecule has 1 fully saturated rings. The van der Waals surface area contributed by atoms with Crippen LogP contribution >= 0.6 is 0 Å². The standard InChI is InChI=1S/C12H22N4/c1-10(13-2)11-5-4-7-16(9-11)12-14-6-8-15(12)3/h6,8,10-11,13H,4-5,7,9H2,1-3H3. The number of hydrogen-bond donors (Lipinski definition) is 1. The van der Waals surface area contributed by atoms with Gasteiger partial charge in [-0.05, 0) is 32.7 Å². The van der Waals surface area contributed by atoms with E-state index in [1.165, 1.54) is 12.8 Å². The molecule has 1 aromatic rings. The van der Waals surface area contributed by atoms with Gasteiger partial charge < -0.3 is 14.8 Å². The fourth-order valence-corrected chi connectivity index (χ4v) is 2.50. The predicted octanol–water partition coefficient (Wildman–Crippen LogP) is 1.24. The maximum atomic E-state index is 4.43. The number of hydrogen-bond acceptors (Lipinski definition) is 3. The quantitative estimate of drug-likeness (QED) is 0.835. The van der Waals surface area contributed by atoms with E-state index >= 15 is 0 Å². The molecule has 16 heavy (non-hydrogen) atoms. The molecule has 1 saturated heterocycles. The Balaban J connectivity index is 2.05. The Morgan fingerprint density at radius 3 is 3.00 bits per heavy atom. The third kappa shape index (κ3) is 2.21. The van der Waals surface area contributed by atoms with Crippen molar-refractivity contribution in [1.82, 2.24) is 14.9 Å². The summed E-state index contributed by atoms with van der Waals surface area (Å²) in [5.74, 6) is 1.84. The maximum Gasteiger partial charge on any atom is 0.205 e. The zero-order valence-electron chi connectivity index (χ0n) is 10.5. The van der Waals surface area contributed by atoms with Gasteiger partial charge in [-0.15, -0.1) is 0 Å². The van der Waals surface area contributed by atoms with E-state index in [9.17, 15) is 0 Å². The second-order valence-corrected chi connectivity index (χ2v) is 4.76. The van der Waals surface area contributed by atoms with Crippen LogP contribution in [0.15, 0.2) is 12.4 Å². The fraction of sp³-hybridized carbons (Fsp3) is 0.750. The SMILES string of the molecule is CNC(C)C1CCCN(c2nccn2C)C1. The molecule has 0 bridgehead atoms. The molecule has 0 aromatic carbocycles. The molecule has 0 saturated carbocycles. The van der Waals surface area contributed by atoms with Gasteiger partial charge in [0.25, 0.3) is 0 Å². The Kier molecular flexibility index (Phi) is 3.49. The molecule has 2 rings (SSSR count).